The first-order valence-electron chi connectivity index (χ1n) is 6.43. The fraction of sp³-hybridized carbons (Fsp3) is 0. The molecule has 3 rings (SSSR count). The number of rotatable bonds is 2. The van der Waals surface area contributed by atoms with Gasteiger partial charge in [-0.3, -0.25) is 0 Å². The van der Waals surface area contributed by atoms with Crippen LogP contribution in [0.2, 0.25) is 0 Å². The Kier molecular flexibility index (Phi) is 3.51. The van der Waals surface area contributed by atoms with Crippen LogP contribution >= 0.6 is 15.9 Å². The maximum atomic E-state index is 8.88. The predicted molar refractivity (Wildman–Crippen MR) is 90.5 cm³/mol. The zero-order valence-corrected chi connectivity index (χ0v) is 12.7. The molecule has 0 radical (unpaired) electrons. The molecular weight excluding hydrogens is 326 g/mol. The van der Waals surface area contributed by atoms with Gasteiger partial charge in [-0.2, -0.15) is 5.26 Å². The molecule has 0 aliphatic rings. The van der Waals surface area contributed by atoms with E-state index >= 15 is 0 Å². The number of nitriles is 1. The lowest BCUT2D eigenvalue weighted by molar-refractivity contribution is 1.48. The Morgan fingerprint density at radius 2 is 1.67 bits per heavy atom. The molecule has 21 heavy (non-hydrogen) atoms. The minimum absolute atomic E-state index is 0.554. The average Bonchev–Trinajstić information content (AvgIpc) is 2.52. The van der Waals surface area contributed by atoms with Gasteiger partial charge in [0.25, 0.3) is 0 Å². The van der Waals surface area contributed by atoms with Gasteiger partial charge in [0.1, 0.15) is 0 Å². The first-order valence-corrected chi connectivity index (χ1v) is 7.22. The molecule has 0 saturated carbocycles. The van der Waals surface area contributed by atoms with Crippen molar-refractivity contribution in [1.29, 1.82) is 5.26 Å². The minimum atomic E-state index is 0.554. The Bertz CT molecular complexity index is 866. The van der Waals surface area contributed by atoms with Crippen molar-refractivity contribution in [3.63, 3.8) is 0 Å². The smallest absolute Gasteiger partial charge is 0.0992 e. The summed E-state index contributed by atoms with van der Waals surface area (Å²) in [5, 5.41) is 14.5. The standard InChI is InChI=1S/C17H12BrN3/c18-14-6-8-16(13-4-2-1-3-12(13)14)21-17-7-5-11(10-19)9-15(17)20/h1-9,21H,20H2. The highest BCUT2D eigenvalue weighted by Gasteiger charge is 2.06. The molecule has 0 bridgehead atoms. The molecule has 0 heterocycles. The quantitative estimate of drug-likeness (QED) is 0.660. The lowest BCUT2D eigenvalue weighted by Gasteiger charge is -2.13. The lowest BCUT2D eigenvalue weighted by atomic mass is 10.1. The van der Waals surface area contributed by atoms with Gasteiger partial charge in [-0.05, 0) is 35.7 Å². The third-order valence-corrected chi connectivity index (χ3v) is 4.01. The molecule has 0 spiro atoms. The van der Waals surface area contributed by atoms with Crippen molar-refractivity contribution in [3.05, 3.63) is 64.6 Å². The van der Waals surface area contributed by atoms with Crippen molar-refractivity contribution in [2.45, 2.75) is 0 Å². The van der Waals surface area contributed by atoms with Crippen LogP contribution in [-0.4, -0.2) is 0 Å². The summed E-state index contributed by atoms with van der Waals surface area (Å²) in [6.07, 6.45) is 0. The number of fused-ring (bicyclic) bond motifs is 1. The van der Waals surface area contributed by atoms with Gasteiger partial charge in [-0.1, -0.05) is 40.2 Å². The number of hydrogen-bond donors (Lipinski definition) is 2. The van der Waals surface area contributed by atoms with Gasteiger partial charge in [0.05, 0.1) is 23.0 Å². The van der Waals surface area contributed by atoms with E-state index in [0.717, 1.165) is 26.6 Å². The van der Waals surface area contributed by atoms with Crippen LogP contribution in [0.3, 0.4) is 0 Å². The molecule has 0 amide bonds. The highest BCUT2D eigenvalue weighted by molar-refractivity contribution is 9.10. The van der Waals surface area contributed by atoms with E-state index in [0.29, 0.717) is 11.3 Å². The second kappa shape index (κ2) is 5.47. The van der Waals surface area contributed by atoms with Crippen LogP contribution in [0.15, 0.2) is 59.1 Å². The zero-order chi connectivity index (χ0) is 14.8. The van der Waals surface area contributed by atoms with Gasteiger partial charge in [-0.15, -0.1) is 0 Å². The molecule has 0 atom stereocenters. The van der Waals surface area contributed by atoms with Crippen LogP contribution in [0.25, 0.3) is 10.8 Å². The minimum Gasteiger partial charge on any atom is -0.397 e. The summed E-state index contributed by atoms with van der Waals surface area (Å²) in [7, 11) is 0. The van der Waals surface area contributed by atoms with E-state index in [1.54, 1.807) is 12.1 Å². The Labute approximate surface area is 131 Å². The van der Waals surface area contributed by atoms with Crippen LogP contribution < -0.4 is 11.1 Å². The predicted octanol–water partition coefficient (Wildman–Crippen LogP) is 4.80. The van der Waals surface area contributed by atoms with Crippen LogP contribution in [0.5, 0.6) is 0 Å². The number of nitrogens with one attached hydrogen (secondary N) is 1. The molecule has 0 aliphatic heterocycles. The lowest BCUT2D eigenvalue weighted by Crippen LogP contribution is -1.97. The topological polar surface area (TPSA) is 61.8 Å². The van der Waals surface area contributed by atoms with Crippen molar-refractivity contribution < 1.29 is 0 Å². The highest BCUT2D eigenvalue weighted by atomic mass is 79.9. The first-order chi connectivity index (χ1) is 10.2. The number of nitrogens with two attached hydrogens (primary N) is 1. The number of hydrogen-bond acceptors (Lipinski definition) is 3. The van der Waals surface area contributed by atoms with Gasteiger partial charge < -0.3 is 11.1 Å². The van der Waals surface area contributed by atoms with E-state index in [1.807, 2.05) is 30.3 Å². The molecule has 0 saturated heterocycles. The van der Waals surface area contributed by atoms with Gasteiger partial charge in [-0.25, -0.2) is 0 Å². The summed E-state index contributed by atoms with van der Waals surface area (Å²) in [6.45, 7) is 0. The molecule has 4 heteroatoms. The Hall–Kier alpha value is -2.51. The molecule has 0 fully saturated rings. The van der Waals surface area contributed by atoms with Crippen molar-refractivity contribution in [1.82, 2.24) is 0 Å². The van der Waals surface area contributed by atoms with Crippen molar-refractivity contribution in [3.8, 4) is 6.07 Å². The largest absolute Gasteiger partial charge is 0.397 e. The Balaban J connectivity index is 2.07. The highest BCUT2D eigenvalue weighted by Crippen LogP contribution is 2.33. The normalized spacial score (nSPS) is 10.3. The fourth-order valence-electron chi connectivity index (χ4n) is 2.26. The van der Waals surface area contributed by atoms with Crippen molar-refractivity contribution >= 4 is 43.8 Å². The molecule has 3 aromatic carbocycles. The van der Waals surface area contributed by atoms with E-state index in [1.165, 1.54) is 0 Å². The third kappa shape index (κ3) is 2.56. The maximum Gasteiger partial charge on any atom is 0.0992 e. The first kappa shape index (κ1) is 13.5. The van der Waals surface area contributed by atoms with Gasteiger partial charge in [0.15, 0.2) is 0 Å². The van der Waals surface area contributed by atoms with E-state index in [-0.39, 0.29) is 0 Å². The van der Waals surface area contributed by atoms with E-state index < -0.39 is 0 Å². The molecule has 0 aliphatic carbocycles. The van der Waals surface area contributed by atoms with Crippen molar-refractivity contribution in [2.24, 2.45) is 0 Å². The van der Waals surface area contributed by atoms with Crippen LogP contribution in [0.4, 0.5) is 17.1 Å². The van der Waals surface area contributed by atoms with E-state index in [9.17, 15) is 0 Å². The molecule has 102 valence electrons. The van der Waals surface area contributed by atoms with E-state index in [2.05, 4.69) is 39.4 Å². The molecule has 3 nitrogen and oxygen atoms in total. The van der Waals surface area contributed by atoms with Crippen molar-refractivity contribution in [2.75, 3.05) is 11.1 Å². The number of nitrogens with zero attached hydrogens (tertiary/aromatic N) is 1. The summed E-state index contributed by atoms with van der Waals surface area (Å²) in [5.41, 5.74) is 8.88. The number of nitrogen functional groups attached to an aromatic ring is 1. The zero-order valence-electron chi connectivity index (χ0n) is 11.1. The Morgan fingerprint density at radius 1 is 0.952 bits per heavy atom. The average molecular weight is 338 g/mol. The monoisotopic (exact) mass is 337 g/mol. The molecule has 0 unspecified atom stereocenters. The summed E-state index contributed by atoms with van der Waals surface area (Å²) in [5.74, 6) is 0. The van der Waals surface area contributed by atoms with Gasteiger partial charge in [0, 0.05) is 15.5 Å². The molecule has 3 aromatic rings. The second-order valence-electron chi connectivity index (χ2n) is 4.68. The Morgan fingerprint density at radius 3 is 2.38 bits per heavy atom. The molecule has 0 aromatic heterocycles. The maximum absolute atomic E-state index is 8.88. The summed E-state index contributed by atoms with van der Waals surface area (Å²) >= 11 is 3.56. The van der Waals surface area contributed by atoms with Crippen LogP contribution in [0.1, 0.15) is 5.56 Å². The fourth-order valence-corrected chi connectivity index (χ4v) is 2.74. The second-order valence-corrected chi connectivity index (χ2v) is 5.53. The number of anilines is 3. The molecular formula is C17H12BrN3. The summed E-state index contributed by atoms with van der Waals surface area (Å²) < 4.78 is 1.05. The summed E-state index contributed by atoms with van der Waals surface area (Å²) in [6, 6.07) is 19.5. The van der Waals surface area contributed by atoms with Crippen LogP contribution in [-0.2, 0) is 0 Å². The number of halogens is 1. The molecule has 3 N–H and O–H groups in total. The third-order valence-electron chi connectivity index (χ3n) is 3.32. The summed E-state index contributed by atoms with van der Waals surface area (Å²) in [4.78, 5) is 0. The van der Waals surface area contributed by atoms with E-state index in [4.69, 9.17) is 11.0 Å². The number of benzene rings is 3. The van der Waals surface area contributed by atoms with Gasteiger partial charge in [0.2, 0.25) is 0 Å². The van der Waals surface area contributed by atoms with Gasteiger partial charge >= 0.3 is 0 Å². The van der Waals surface area contributed by atoms with Crippen LogP contribution in [0, 0.1) is 11.3 Å². The SMILES string of the molecule is N#Cc1ccc(Nc2ccc(Br)c3ccccc23)c(N)c1.